The van der Waals surface area contributed by atoms with Gasteiger partial charge in [-0.1, -0.05) is 65.2 Å². The summed E-state index contributed by atoms with van der Waals surface area (Å²) in [6.07, 6.45) is 0. The molecule has 0 unspecified atom stereocenters. The maximum absolute atomic E-state index is 12.4. The molecule has 3 rings (SSSR count). The van der Waals surface area contributed by atoms with Crippen LogP contribution in [0, 0.1) is 6.92 Å². The summed E-state index contributed by atoms with van der Waals surface area (Å²) in [5.41, 5.74) is 2.75. The van der Waals surface area contributed by atoms with Crippen LogP contribution < -0.4 is 10.6 Å². The van der Waals surface area contributed by atoms with Gasteiger partial charge in [0.15, 0.2) is 0 Å². The first-order chi connectivity index (χ1) is 12.5. The first-order valence-corrected chi connectivity index (χ1v) is 9.75. The number of halogens is 2. The second-order valence-corrected chi connectivity index (χ2v) is 7.68. The summed E-state index contributed by atoms with van der Waals surface area (Å²) in [5, 5.41) is 8.97. The Bertz CT molecular complexity index is 859. The van der Waals surface area contributed by atoms with E-state index in [0.717, 1.165) is 10.4 Å². The minimum absolute atomic E-state index is 0.0527. The first-order valence-electron chi connectivity index (χ1n) is 8.12. The zero-order valence-electron chi connectivity index (χ0n) is 14.1. The molecule has 2 aromatic carbocycles. The van der Waals surface area contributed by atoms with Crippen molar-refractivity contribution in [2.75, 3.05) is 11.9 Å². The van der Waals surface area contributed by atoms with Gasteiger partial charge in [-0.05, 0) is 36.1 Å². The van der Waals surface area contributed by atoms with Gasteiger partial charge in [0.1, 0.15) is 0 Å². The van der Waals surface area contributed by atoms with Crippen LogP contribution in [-0.4, -0.2) is 12.5 Å². The Morgan fingerprint density at radius 3 is 2.35 bits per heavy atom. The molecule has 1 atom stereocenters. The summed E-state index contributed by atoms with van der Waals surface area (Å²) in [4.78, 5) is 13.5. The Morgan fingerprint density at radius 2 is 1.73 bits per heavy atom. The molecule has 0 spiro atoms. The second kappa shape index (κ2) is 8.69. The molecule has 0 aliphatic rings. The number of carbonyl (C=O) groups excluding carboxylic acids is 1. The molecule has 0 saturated carbocycles. The average molecular weight is 405 g/mol. The lowest BCUT2D eigenvalue weighted by atomic mass is 10.0. The van der Waals surface area contributed by atoms with Crippen molar-refractivity contribution in [1.82, 2.24) is 5.32 Å². The van der Waals surface area contributed by atoms with Gasteiger partial charge in [-0.3, -0.25) is 10.1 Å². The van der Waals surface area contributed by atoms with E-state index in [4.69, 9.17) is 23.2 Å². The van der Waals surface area contributed by atoms with Crippen molar-refractivity contribution in [3.63, 3.8) is 0 Å². The fourth-order valence-electron chi connectivity index (χ4n) is 2.59. The van der Waals surface area contributed by atoms with E-state index in [9.17, 15) is 4.79 Å². The molecule has 0 radical (unpaired) electrons. The quantitative estimate of drug-likeness (QED) is 0.554. The van der Waals surface area contributed by atoms with Gasteiger partial charge in [-0.25, -0.2) is 0 Å². The Morgan fingerprint density at radius 1 is 1.04 bits per heavy atom. The van der Waals surface area contributed by atoms with Crippen LogP contribution in [0.2, 0.25) is 10.0 Å². The Kier molecular flexibility index (Phi) is 6.33. The van der Waals surface area contributed by atoms with Crippen molar-refractivity contribution < 1.29 is 4.79 Å². The number of nitrogens with one attached hydrogen (secondary N) is 2. The van der Waals surface area contributed by atoms with E-state index in [1.807, 2.05) is 11.4 Å². The molecule has 1 aromatic heterocycles. The highest BCUT2D eigenvalue weighted by Crippen LogP contribution is 2.30. The number of aryl methyl sites for hydroxylation is 1. The summed E-state index contributed by atoms with van der Waals surface area (Å²) in [6.45, 7) is 2.19. The van der Waals surface area contributed by atoms with Crippen LogP contribution in [0.15, 0.2) is 60.0 Å². The van der Waals surface area contributed by atoms with Crippen molar-refractivity contribution in [2.24, 2.45) is 0 Å². The van der Waals surface area contributed by atoms with Gasteiger partial charge in [0.2, 0.25) is 5.91 Å². The molecule has 1 amide bonds. The van der Waals surface area contributed by atoms with Crippen LogP contribution in [0.5, 0.6) is 0 Å². The SMILES string of the molecule is Cc1ccc([C@@H](NCC(=O)Nc2c(Cl)cccc2Cl)c2cccs2)cc1. The van der Waals surface area contributed by atoms with E-state index in [0.29, 0.717) is 15.7 Å². The molecule has 0 fully saturated rings. The van der Waals surface area contributed by atoms with Crippen LogP contribution in [0.4, 0.5) is 5.69 Å². The van der Waals surface area contributed by atoms with E-state index in [1.165, 1.54) is 5.56 Å². The summed E-state index contributed by atoms with van der Waals surface area (Å²) >= 11 is 13.9. The molecule has 0 saturated heterocycles. The van der Waals surface area contributed by atoms with Gasteiger partial charge in [-0.2, -0.15) is 0 Å². The number of anilines is 1. The molecule has 2 N–H and O–H groups in total. The fourth-order valence-corrected chi connectivity index (χ4v) is 3.91. The second-order valence-electron chi connectivity index (χ2n) is 5.88. The van der Waals surface area contributed by atoms with E-state index < -0.39 is 0 Å². The van der Waals surface area contributed by atoms with Crippen molar-refractivity contribution in [2.45, 2.75) is 13.0 Å². The predicted molar refractivity (Wildman–Crippen MR) is 110 cm³/mol. The van der Waals surface area contributed by atoms with E-state index in [2.05, 4.69) is 47.9 Å². The number of benzene rings is 2. The van der Waals surface area contributed by atoms with Crippen molar-refractivity contribution >= 4 is 46.1 Å². The largest absolute Gasteiger partial charge is 0.322 e. The lowest BCUT2D eigenvalue weighted by molar-refractivity contribution is -0.115. The lowest BCUT2D eigenvalue weighted by Gasteiger charge is -2.18. The van der Waals surface area contributed by atoms with Crippen LogP contribution in [0.1, 0.15) is 22.0 Å². The fraction of sp³-hybridized carbons (Fsp3) is 0.150. The van der Waals surface area contributed by atoms with Gasteiger partial charge >= 0.3 is 0 Å². The predicted octanol–water partition coefficient (Wildman–Crippen LogP) is 5.68. The summed E-state index contributed by atoms with van der Waals surface area (Å²) in [5.74, 6) is -0.200. The molecule has 1 heterocycles. The zero-order chi connectivity index (χ0) is 18.5. The maximum Gasteiger partial charge on any atom is 0.238 e. The molecule has 26 heavy (non-hydrogen) atoms. The smallest absolute Gasteiger partial charge is 0.238 e. The molecule has 3 nitrogen and oxygen atoms in total. The van der Waals surface area contributed by atoms with Crippen molar-refractivity contribution in [1.29, 1.82) is 0 Å². The van der Waals surface area contributed by atoms with Gasteiger partial charge < -0.3 is 5.32 Å². The van der Waals surface area contributed by atoms with Gasteiger partial charge in [0.05, 0.1) is 28.3 Å². The molecule has 6 heteroatoms. The van der Waals surface area contributed by atoms with E-state index in [1.54, 1.807) is 29.5 Å². The summed E-state index contributed by atoms with van der Waals surface area (Å²) < 4.78 is 0. The number of rotatable bonds is 6. The highest BCUT2D eigenvalue weighted by molar-refractivity contribution is 7.10. The highest BCUT2D eigenvalue weighted by atomic mass is 35.5. The molecule has 0 aliphatic heterocycles. The molecular formula is C20H18Cl2N2OS. The van der Waals surface area contributed by atoms with Gasteiger partial charge in [0, 0.05) is 4.88 Å². The topological polar surface area (TPSA) is 41.1 Å². The van der Waals surface area contributed by atoms with Crippen LogP contribution in [0.25, 0.3) is 0 Å². The highest BCUT2D eigenvalue weighted by Gasteiger charge is 2.17. The number of para-hydroxylation sites is 1. The maximum atomic E-state index is 12.4. The molecule has 134 valence electrons. The normalized spacial score (nSPS) is 12.0. The number of carbonyl (C=O) groups is 1. The number of hydrogen-bond acceptors (Lipinski definition) is 3. The average Bonchev–Trinajstić information content (AvgIpc) is 3.14. The van der Waals surface area contributed by atoms with Crippen LogP contribution in [0.3, 0.4) is 0 Å². The minimum atomic E-state index is -0.200. The number of amides is 1. The summed E-state index contributed by atoms with van der Waals surface area (Å²) in [6, 6.07) is 17.4. The molecule has 0 bridgehead atoms. The Labute approximate surface area is 167 Å². The third-order valence-electron chi connectivity index (χ3n) is 3.93. The lowest BCUT2D eigenvalue weighted by Crippen LogP contribution is -2.31. The third kappa shape index (κ3) is 4.65. The van der Waals surface area contributed by atoms with E-state index >= 15 is 0 Å². The zero-order valence-corrected chi connectivity index (χ0v) is 16.5. The van der Waals surface area contributed by atoms with Crippen molar-refractivity contribution in [3.8, 4) is 0 Å². The minimum Gasteiger partial charge on any atom is -0.322 e. The van der Waals surface area contributed by atoms with E-state index in [-0.39, 0.29) is 18.5 Å². The third-order valence-corrected chi connectivity index (χ3v) is 5.50. The molecule has 0 aliphatic carbocycles. The number of hydrogen-bond donors (Lipinski definition) is 2. The van der Waals surface area contributed by atoms with Crippen molar-refractivity contribution in [3.05, 3.63) is 86.0 Å². The van der Waals surface area contributed by atoms with Crippen LogP contribution in [-0.2, 0) is 4.79 Å². The monoisotopic (exact) mass is 404 g/mol. The molecule has 3 aromatic rings. The Balaban J connectivity index is 1.72. The number of thiophene rings is 1. The first kappa shape index (κ1) is 18.9. The standard InChI is InChI=1S/C20H18Cl2N2OS/c1-13-7-9-14(10-8-13)19(17-6-3-11-26-17)23-12-18(25)24-20-15(21)4-2-5-16(20)22/h2-11,19,23H,12H2,1H3,(H,24,25)/t19-/m1/s1. The Hall–Kier alpha value is -1.85. The van der Waals surface area contributed by atoms with Crippen LogP contribution >= 0.6 is 34.5 Å². The van der Waals surface area contributed by atoms with Gasteiger partial charge in [0.25, 0.3) is 0 Å². The molecular weight excluding hydrogens is 387 g/mol. The van der Waals surface area contributed by atoms with Gasteiger partial charge in [-0.15, -0.1) is 11.3 Å². The summed E-state index contributed by atoms with van der Waals surface area (Å²) in [7, 11) is 0.